The first-order valence-electron chi connectivity index (χ1n) is 5.80. The van der Waals surface area contributed by atoms with E-state index in [-0.39, 0.29) is 11.2 Å². The van der Waals surface area contributed by atoms with Gasteiger partial charge in [0.25, 0.3) is 0 Å². The SMILES string of the molecule is O=C(NCCCCCCl)C1CCCCS1. The second kappa shape index (κ2) is 8.28. The number of carbonyl (C=O) groups excluding carboxylic acids is 1. The van der Waals surface area contributed by atoms with Crippen molar-refractivity contribution in [2.24, 2.45) is 0 Å². The lowest BCUT2D eigenvalue weighted by Gasteiger charge is -2.20. The maximum atomic E-state index is 11.7. The summed E-state index contributed by atoms with van der Waals surface area (Å²) in [5.41, 5.74) is 0. The molecule has 1 atom stereocenters. The maximum Gasteiger partial charge on any atom is 0.233 e. The van der Waals surface area contributed by atoms with Gasteiger partial charge in [0.15, 0.2) is 0 Å². The Hall–Kier alpha value is 0.110. The number of amides is 1. The summed E-state index contributed by atoms with van der Waals surface area (Å²) in [5.74, 6) is 2.11. The Kier molecular flexibility index (Phi) is 7.28. The van der Waals surface area contributed by atoms with Crippen LogP contribution in [0, 0.1) is 0 Å². The molecular formula is C11H20ClNOS. The standard InChI is InChI=1S/C11H20ClNOS/c12-7-3-1-4-8-13-11(14)10-6-2-5-9-15-10/h10H,1-9H2,(H,13,14). The van der Waals surface area contributed by atoms with Gasteiger partial charge in [0.1, 0.15) is 0 Å². The predicted octanol–water partition coefficient (Wildman–Crippen LogP) is 2.80. The molecular weight excluding hydrogens is 230 g/mol. The van der Waals surface area contributed by atoms with Gasteiger partial charge in [-0.05, 0) is 31.4 Å². The smallest absolute Gasteiger partial charge is 0.233 e. The predicted molar refractivity (Wildman–Crippen MR) is 67.7 cm³/mol. The lowest BCUT2D eigenvalue weighted by Crippen LogP contribution is -2.34. The summed E-state index contributed by atoms with van der Waals surface area (Å²) in [6.07, 6.45) is 6.74. The van der Waals surface area contributed by atoms with Crippen molar-refractivity contribution >= 4 is 29.3 Å². The first-order chi connectivity index (χ1) is 7.34. The molecule has 1 amide bonds. The van der Waals surface area contributed by atoms with Gasteiger partial charge in [0.05, 0.1) is 5.25 Å². The monoisotopic (exact) mass is 249 g/mol. The summed E-state index contributed by atoms with van der Waals surface area (Å²) in [6.45, 7) is 0.812. The molecule has 4 heteroatoms. The molecule has 0 radical (unpaired) electrons. The fraction of sp³-hybridized carbons (Fsp3) is 0.909. The molecule has 1 N–H and O–H groups in total. The van der Waals surface area contributed by atoms with Crippen LogP contribution in [0.1, 0.15) is 38.5 Å². The summed E-state index contributed by atoms with van der Waals surface area (Å²) >= 11 is 7.38. The van der Waals surface area contributed by atoms with Crippen LogP contribution in [0.2, 0.25) is 0 Å². The van der Waals surface area contributed by atoms with Crippen LogP contribution in [0.3, 0.4) is 0 Å². The molecule has 1 saturated heterocycles. The molecule has 1 aliphatic rings. The third kappa shape index (κ3) is 5.67. The number of hydrogen-bond donors (Lipinski definition) is 1. The number of carbonyl (C=O) groups is 1. The number of rotatable bonds is 6. The number of alkyl halides is 1. The molecule has 1 aliphatic heterocycles. The van der Waals surface area contributed by atoms with Gasteiger partial charge in [0, 0.05) is 12.4 Å². The Balaban J connectivity index is 2.02. The van der Waals surface area contributed by atoms with Gasteiger partial charge < -0.3 is 5.32 Å². The van der Waals surface area contributed by atoms with Gasteiger partial charge in [-0.25, -0.2) is 0 Å². The molecule has 0 aromatic rings. The van der Waals surface area contributed by atoms with Crippen LogP contribution in [-0.4, -0.2) is 29.3 Å². The first-order valence-corrected chi connectivity index (χ1v) is 7.38. The summed E-state index contributed by atoms with van der Waals surface area (Å²) in [6, 6.07) is 0. The number of hydrogen-bond acceptors (Lipinski definition) is 2. The molecule has 0 aromatic carbocycles. The quantitative estimate of drug-likeness (QED) is 0.579. The van der Waals surface area contributed by atoms with Crippen molar-refractivity contribution in [1.82, 2.24) is 5.32 Å². The second-order valence-corrected chi connectivity index (χ2v) is 5.58. The molecule has 1 fully saturated rings. The molecule has 0 bridgehead atoms. The zero-order valence-electron chi connectivity index (χ0n) is 9.14. The van der Waals surface area contributed by atoms with E-state index >= 15 is 0 Å². The molecule has 1 unspecified atom stereocenters. The third-order valence-corrected chi connectivity index (χ3v) is 4.23. The van der Waals surface area contributed by atoms with E-state index in [2.05, 4.69) is 5.32 Å². The van der Waals surface area contributed by atoms with E-state index in [0.29, 0.717) is 0 Å². The summed E-state index contributed by atoms with van der Waals surface area (Å²) in [7, 11) is 0. The lowest BCUT2D eigenvalue weighted by molar-refractivity contribution is -0.120. The number of unbranched alkanes of at least 4 members (excludes halogenated alkanes) is 2. The van der Waals surface area contributed by atoms with E-state index in [0.717, 1.165) is 43.9 Å². The van der Waals surface area contributed by atoms with Gasteiger partial charge >= 0.3 is 0 Å². The van der Waals surface area contributed by atoms with Crippen molar-refractivity contribution in [3.05, 3.63) is 0 Å². The van der Waals surface area contributed by atoms with Gasteiger partial charge in [-0.2, -0.15) is 0 Å². The van der Waals surface area contributed by atoms with Gasteiger partial charge in [0.2, 0.25) is 5.91 Å². The van der Waals surface area contributed by atoms with Crippen LogP contribution in [0.25, 0.3) is 0 Å². The molecule has 0 spiro atoms. The summed E-state index contributed by atoms with van der Waals surface area (Å²) in [5, 5.41) is 3.22. The third-order valence-electron chi connectivity index (χ3n) is 2.58. The number of halogens is 1. The Morgan fingerprint density at radius 1 is 1.33 bits per heavy atom. The number of nitrogens with one attached hydrogen (secondary N) is 1. The zero-order valence-corrected chi connectivity index (χ0v) is 10.7. The Bertz CT molecular complexity index is 183. The van der Waals surface area contributed by atoms with E-state index in [9.17, 15) is 4.79 Å². The Morgan fingerprint density at radius 3 is 2.87 bits per heavy atom. The second-order valence-electron chi connectivity index (χ2n) is 3.90. The molecule has 0 aromatic heterocycles. The highest BCUT2D eigenvalue weighted by molar-refractivity contribution is 8.00. The molecule has 1 heterocycles. The van der Waals surface area contributed by atoms with Crippen molar-refractivity contribution in [3.8, 4) is 0 Å². The van der Waals surface area contributed by atoms with Crippen LogP contribution in [0.4, 0.5) is 0 Å². The minimum atomic E-state index is 0.215. The molecule has 15 heavy (non-hydrogen) atoms. The molecule has 1 rings (SSSR count). The van der Waals surface area contributed by atoms with E-state index < -0.39 is 0 Å². The maximum absolute atomic E-state index is 11.7. The molecule has 88 valence electrons. The minimum Gasteiger partial charge on any atom is -0.355 e. The van der Waals surface area contributed by atoms with E-state index in [1.807, 2.05) is 0 Å². The molecule has 2 nitrogen and oxygen atoms in total. The highest BCUT2D eigenvalue weighted by Crippen LogP contribution is 2.24. The van der Waals surface area contributed by atoms with Crippen molar-refractivity contribution in [1.29, 1.82) is 0 Å². The largest absolute Gasteiger partial charge is 0.355 e. The first kappa shape index (κ1) is 13.2. The molecule has 0 saturated carbocycles. The Morgan fingerprint density at radius 2 is 2.20 bits per heavy atom. The Labute approximate surface area is 102 Å². The van der Waals surface area contributed by atoms with Gasteiger partial charge in [-0.1, -0.05) is 12.8 Å². The summed E-state index contributed by atoms with van der Waals surface area (Å²) < 4.78 is 0. The van der Waals surface area contributed by atoms with E-state index in [1.54, 1.807) is 11.8 Å². The lowest BCUT2D eigenvalue weighted by atomic mass is 10.2. The molecule has 0 aliphatic carbocycles. The van der Waals surface area contributed by atoms with Crippen molar-refractivity contribution < 1.29 is 4.79 Å². The van der Waals surface area contributed by atoms with E-state index in [1.165, 1.54) is 12.8 Å². The van der Waals surface area contributed by atoms with Crippen LogP contribution in [0.5, 0.6) is 0 Å². The van der Waals surface area contributed by atoms with Crippen LogP contribution in [-0.2, 0) is 4.79 Å². The average molecular weight is 250 g/mol. The average Bonchev–Trinajstić information content (AvgIpc) is 2.30. The van der Waals surface area contributed by atoms with Crippen LogP contribution < -0.4 is 5.32 Å². The van der Waals surface area contributed by atoms with Crippen molar-refractivity contribution in [2.45, 2.75) is 43.8 Å². The van der Waals surface area contributed by atoms with Crippen molar-refractivity contribution in [2.75, 3.05) is 18.2 Å². The normalized spacial score (nSPS) is 21.3. The van der Waals surface area contributed by atoms with Crippen LogP contribution >= 0.6 is 23.4 Å². The zero-order chi connectivity index (χ0) is 10.9. The minimum absolute atomic E-state index is 0.215. The highest BCUT2D eigenvalue weighted by atomic mass is 35.5. The highest BCUT2D eigenvalue weighted by Gasteiger charge is 2.20. The fourth-order valence-corrected chi connectivity index (χ4v) is 3.08. The fourth-order valence-electron chi connectivity index (χ4n) is 1.67. The van der Waals surface area contributed by atoms with E-state index in [4.69, 9.17) is 11.6 Å². The summed E-state index contributed by atoms with van der Waals surface area (Å²) in [4.78, 5) is 11.7. The van der Waals surface area contributed by atoms with Crippen LogP contribution in [0.15, 0.2) is 0 Å². The van der Waals surface area contributed by atoms with Gasteiger partial charge in [-0.3, -0.25) is 4.79 Å². The van der Waals surface area contributed by atoms with Crippen molar-refractivity contribution in [3.63, 3.8) is 0 Å². The number of thioether (sulfide) groups is 1. The van der Waals surface area contributed by atoms with Gasteiger partial charge in [-0.15, -0.1) is 23.4 Å². The topological polar surface area (TPSA) is 29.1 Å².